The molecule has 196 valence electrons. The van der Waals surface area contributed by atoms with E-state index in [9.17, 15) is 13.6 Å². The largest absolute Gasteiger partial charge is 0.435 e. The molecule has 2 aromatic carbocycles. The minimum absolute atomic E-state index is 0.0770. The highest BCUT2D eigenvalue weighted by atomic mass is 32.1. The number of nitrogens with one attached hydrogen (secondary N) is 1. The van der Waals surface area contributed by atoms with Crippen LogP contribution in [0.1, 0.15) is 59.3 Å². The number of fused-ring (bicyclic) bond motifs is 1. The molecule has 2 aliphatic carbocycles. The highest BCUT2D eigenvalue weighted by Crippen LogP contribution is 2.46. The summed E-state index contributed by atoms with van der Waals surface area (Å²) in [6.45, 7) is -2.88. The quantitative estimate of drug-likeness (QED) is 0.225. The molecule has 39 heavy (non-hydrogen) atoms. The highest BCUT2D eigenvalue weighted by Gasteiger charge is 2.34. The molecule has 2 fully saturated rings. The summed E-state index contributed by atoms with van der Waals surface area (Å²) in [5.41, 5.74) is 5.39. The number of carbonyl (C=O) groups excluding carboxylic acids is 1. The fraction of sp³-hybridized carbons (Fsp3) is 0.241. The van der Waals surface area contributed by atoms with Crippen molar-refractivity contribution in [3.05, 3.63) is 83.0 Å². The SMILES string of the molecule is O=C(Nc1nc(-c2ccc(OC(F)F)cc2)cs1)c1cc(C2CC2)nc2c1c(C1CC1)nn2-c1ccccc1. The van der Waals surface area contributed by atoms with Crippen LogP contribution < -0.4 is 10.1 Å². The van der Waals surface area contributed by atoms with Crippen LogP contribution in [-0.4, -0.2) is 32.3 Å². The van der Waals surface area contributed by atoms with Gasteiger partial charge in [-0.3, -0.25) is 10.1 Å². The number of thiazole rings is 1. The van der Waals surface area contributed by atoms with E-state index in [4.69, 9.17) is 10.1 Å². The summed E-state index contributed by atoms with van der Waals surface area (Å²) in [6, 6.07) is 18.1. The van der Waals surface area contributed by atoms with Gasteiger partial charge < -0.3 is 4.74 Å². The molecule has 0 bridgehead atoms. The van der Waals surface area contributed by atoms with Crippen LogP contribution in [0.3, 0.4) is 0 Å². The Hall–Kier alpha value is -4.18. The maximum atomic E-state index is 13.8. The van der Waals surface area contributed by atoms with Crippen LogP contribution in [0.15, 0.2) is 66.0 Å². The Labute approximate surface area is 226 Å². The number of rotatable bonds is 8. The number of aromatic nitrogens is 4. The van der Waals surface area contributed by atoms with Crippen molar-refractivity contribution < 1.29 is 18.3 Å². The number of hydrogen-bond donors (Lipinski definition) is 1. The first-order chi connectivity index (χ1) is 19.0. The topological polar surface area (TPSA) is 81.9 Å². The highest BCUT2D eigenvalue weighted by molar-refractivity contribution is 7.14. The van der Waals surface area contributed by atoms with E-state index in [1.807, 2.05) is 46.5 Å². The second-order valence-electron chi connectivity index (χ2n) is 9.87. The monoisotopic (exact) mass is 543 g/mol. The summed E-state index contributed by atoms with van der Waals surface area (Å²) < 4.78 is 31.2. The van der Waals surface area contributed by atoms with Crippen molar-refractivity contribution in [2.75, 3.05) is 5.32 Å². The summed E-state index contributed by atoms with van der Waals surface area (Å²) in [7, 11) is 0. The van der Waals surface area contributed by atoms with Crippen molar-refractivity contribution in [1.29, 1.82) is 0 Å². The number of carbonyl (C=O) groups is 1. The van der Waals surface area contributed by atoms with Gasteiger partial charge in [-0.2, -0.15) is 13.9 Å². The molecule has 1 amide bonds. The molecule has 0 atom stereocenters. The van der Waals surface area contributed by atoms with Crippen molar-refractivity contribution in [3.63, 3.8) is 0 Å². The van der Waals surface area contributed by atoms with Crippen molar-refractivity contribution >= 4 is 33.4 Å². The Morgan fingerprint density at radius 2 is 1.74 bits per heavy atom. The van der Waals surface area contributed by atoms with Crippen molar-refractivity contribution in [1.82, 2.24) is 19.7 Å². The summed E-state index contributed by atoms with van der Waals surface area (Å²) in [4.78, 5) is 23.3. The summed E-state index contributed by atoms with van der Waals surface area (Å²) in [5, 5.41) is 11.0. The maximum Gasteiger partial charge on any atom is 0.387 e. The number of ether oxygens (including phenoxy) is 1. The van der Waals surface area contributed by atoms with Crippen LogP contribution in [0, 0.1) is 0 Å². The Balaban J connectivity index is 1.24. The molecule has 0 spiro atoms. The fourth-order valence-electron chi connectivity index (χ4n) is 4.76. The molecule has 10 heteroatoms. The Morgan fingerprint density at radius 3 is 2.44 bits per heavy atom. The molecular weight excluding hydrogens is 520 g/mol. The van der Waals surface area contributed by atoms with Gasteiger partial charge in [0.2, 0.25) is 0 Å². The predicted molar refractivity (Wildman–Crippen MR) is 145 cm³/mol. The van der Waals surface area contributed by atoms with E-state index < -0.39 is 6.61 Å². The molecule has 1 N–H and O–H groups in total. The number of para-hydroxylation sites is 1. The molecule has 0 unspecified atom stereocenters. The van der Waals surface area contributed by atoms with E-state index >= 15 is 0 Å². The van der Waals surface area contributed by atoms with Crippen LogP contribution in [0.2, 0.25) is 0 Å². The third-order valence-corrected chi connectivity index (χ3v) is 7.75. The lowest BCUT2D eigenvalue weighted by Crippen LogP contribution is -2.14. The second kappa shape index (κ2) is 9.53. The Kier molecular flexibility index (Phi) is 5.84. The third-order valence-electron chi connectivity index (χ3n) is 6.99. The van der Waals surface area contributed by atoms with Gasteiger partial charge in [0.05, 0.1) is 28.0 Å². The van der Waals surface area contributed by atoms with Crippen LogP contribution in [0.5, 0.6) is 5.75 Å². The molecule has 0 aliphatic heterocycles. The molecule has 3 aromatic heterocycles. The number of nitrogens with zero attached hydrogens (tertiary/aromatic N) is 4. The van der Waals surface area contributed by atoms with Crippen LogP contribution in [0.25, 0.3) is 28.0 Å². The van der Waals surface area contributed by atoms with Crippen LogP contribution >= 0.6 is 11.3 Å². The zero-order chi connectivity index (χ0) is 26.5. The number of pyridine rings is 1. The summed E-state index contributed by atoms with van der Waals surface area (Å²) >= 11 is 1.30. The number of amides is 1. The lowest BCUT2D eigenvalue weighted by atomic mass is 10.0. The van der Waals surface area contributed by atoms with E-state index in [2.05, 4.69) is 15.0 Å². The van der Waals surface area contributed by atoms with Gasteiger partial charge in [0.15, 0.2) is 10.8 Å². The first-order valence-electron chi connectivity index (χ1n) is 12.8. The van der Waals surface area contributed by atoms with E-state index in [1.165, 1.54) is 23.5 Å². The van der Waals surface area contributed by atoms with E-state index in [-0.39, 0.29) is 11.7 Å². The van der Waals surface area contributed by atoms with Crippen molar-refractivity contribution in [2.24, 2.45) is 0 Å². The molecule has 0 saturated heterocycles. The lowest BCUT2D eigenvalue weighted by Gasteiger charge is -2.09. The van der Waals surface area contributed by atoms with Gasteiger partial charge in [-0.25, -0.2) is 14.6 Å². The van der Waals surface area contributed by atoms with Gasteiger partial charge in [0.1, 0.15) is 5.75 Å². The minimum Gasteiger partial charge on any atom is -0.435 e. The van der Waals surface area contributed by atoms with Gasteiger partial charge in [0.25, 0.3) is 5.91 Å². The Morgan fingerprint density at radius 1 is 1.00 bits per heavy atom. The summed E-state index contributed by atoms with van der Waals surface area (Å²) in [6.07, 6.45) is 4.21. The first kappa shape index (κ1) is 23.9. The first-order valence-corrected chi connectivity index (χ1v) is 13.7. The molecule has 3 heterocycles. The molecule has 0 radical (unpaired) electrons. The van der Waals surface area contributed by atoms with Gasteiger partial charge in [-0.05, 0) is 68.1 Å². The molecule has 7 nitrogen and oxygen atoms in total. The Bertz CT molecular complexity index is 1680. The van der Waals surface area contributed by atoms with Crippen molar-refractivity contribution in [2.45, 2.75) is 44.1 Å². The zero-order valence-corrected chi connectivity index (χ0v) is 21.5. The fourth-order valence-corrected chi connectivity index (χ4v) is 5.47. The maximum absolute atomic E-state index is 13.8. The standard InChI is InChI=1S/C29H23F2N5O2S/c30-28(31)38-20-12-10-17(11-13-20)23-15-39-29(33-23)34-27(37)21-14-22(16-6-7-16)32-26-24(21)25(18-8-9-18)35-36(26)19-4-2-1-3-5-19/h1-5,10-16,18,28H,6-9H2,(H,33,34,37). The number of halogens is 2. The van der Waals surface area contributed by atoms with Crippen molar-refractivity contribution in [3.8, 4) is 22.7 Å². The van der Waals surface area contributed by atoms with Gasteiger partial charge in [-0.1, -0.05) is 18.2 Å². The second-order valence-corrected chi connectivity index (χ2v) is 10.7. The molecular formula is C29H23F2N5O2S. The molecule has 5 aromatic rings. The third kappa shape index (κ3) is 4.76. The van der Waals surface area contributed by atoms with E-state index in [0.29, 0.717) is 33.9 Å². The smallest absolute Gasteiger partial charge is 0.387 e. The van der Waals surface area contributed by atoms with E-state index in [1.54, 1.807) is 12.1 Å². The number of alkyl halides is 2. The van der Waals surface area contributed by atoms with Gasteiger partial charge in [-0.15, -0.1) is 11.3 Å². The van der Waals surface area contributed by atoms with E-state index in [0.717, 1.165) is 53.7 Å². The summed E-state index contributed by atoms with van der Waals surface area (Å²) in [5.74, 6) is 0.502. The lowest BCUT2D eigenvalue weighted by molar-refractivity contribution is -0.0498. The predicted octanol–water partition coefficient (Wildman–Crippen LogP) is 7.15. The molecule has 2 aliphatic rings. The average Bonchev–Trinajstić information content (AvgIpc) is 3.88. The normalized spacial score (nSPS) is 15.2. The number of hydrogen-bond acceptors (Lipinski definition) is 6. The molecule has 7 rings (SSSR count). The number of anilines is 1. The van der Waals surface area contributed by atoms with Crippen LogP contribution in [-0.2, 0) is 0 Å². The average molecular weight is 544 g/mol. The number of benzene rings is 2. The van der Waals surface area contributed by atoms with Gasteiger partial charge >= 0.3 is 6.61 Å². The van der Waals surface area contributed by atoms with Crippen LogP contribution in [0.4, 0.5) is 13.9 Å². The van der Waals surface area contributed by atoms with Gasteiger partial charge in [0, 0.05) is 28.5 Å². The minimum atomic E-state index is -2.88. The zero-order valence-electron chi connectivity index (χ0n) is 20.7. The molecule has 2 saturated carbocycles.